The van der Waals surface area contributed by atoms with E-state index in [1.165, 1.54) is 0 Å². The highest BCUT2D eigenvalue weighted by molar-refractivity contribution is 5.92. The maximum Gasteiger partial charge on any atom is 0.102 e. The van der Waals surface area contributed by atoms with Crippen molar-refractivity contribution >= 4 is 5.69 Å². The average molecular weight is 309 g/mol. The summed E-state index contributed by atoms with van der Waals surface area (Å²) in [6.07, 6.45) is 0. The van der Waals surface area contributed by atoms with Gasteiger partial charge in [0.05, 0.1) is 16.8 Å². The number of benzene rings is 3. The van der Waals surface area contributed by atoms with Crippen molar-refractivity contribution in [2.24, 2.45) is 0 Å². The normalized spacial score (nSPS) is 9.96. The lowest BCUT2D eigenvalue weighted by molar-refractivity contribution is 1.38. The number of nitrogens with two attached hydrogens (primary N) is 1. The Kier molecular flexibility index (Phi) is 4.01. The summed E-state index contributed by atoms with van der Waals surface area (Å²) in [5.74, 6) is 0. The maximum atomic E-state index is 9.63. The van der Waals surface area contributed by atoms with Crippen molar-refractivity contribution in [2.75, 3.05) is 5.73 Å². The molecule has 0 atom stereocenters. The van der Waals surface area contributed by atoms with Crippen molar-refractivity contribution in [2.45, 2.75) is 6.92 Å². The van der Waals surface area contributed by atoms with Crippen molar-refractivity contribution in [1.29, 1.82) is 10.5 Å². The summed E-state index contributed by atoms with van der Waals surface area (Å²) >= 11 is 0. The Bertz CT molecular complexity index is 897. The van der Waals surface area contributed by atoms with E-state index in [2.05, 4.69) is 12.1 Å². The third-order valence-corrected chi connectivity index (χ3v) is 4.14. The molecule has 0 aliphatic heterocycles. The van der Waals surface area contributed by atoms with E-state index >= 15 is 0 Å². The van der Waals surface area contributed by atoms with Gasteiger partial charge in [0, 0.05) is 11.1 Å². The average Bonchev–Trinajstić information content (AvgIpc) is 2.64. The van der Waals surface area contributed by atoms with E-state index in [0.29, 0.717) is 11.1 Å². The van der Waals surface area contributed by atoms with Gasteiger partial charge in [0.2, 0.25) is 0 Å². The Balaban J connectivity index is 2.47. The summed E-state index contributed by atoms with van der Waals surface area (Å²) in [7, 11) is 0. The lowest BCUT2D eigenvalue weighted by Crippen LogP contribution is -2.04. The highest BCUT2D eigenvalue weighted by Gasteiger charge is 2.22. The standard InChI is InChI=1S/C21H15N3/c1-14-19(15-8-4-2-5-9-15)17(12-22)21(24)18(13-23)20(14)16-10-6-3-7-11-16/h2-11H,24H2,1H3. The maximum absolute atomic E-state index is 9.63. The van der Waals surface area contributed by atoms with Gasteiger partial charge in [-0.05, 0) is 23.6 Å². The fraction of sp³-hybridized carbons (Fsp3) is 0.0476. The second kappa shape index (κ2) is 6.28. The van der Waals surface area contributed by atoms with E-state index < -0.39 is 0 Å². The Hall–Kier alpha value is -3.56. The molecule has 0 heterocycles. The summed E-state index contributed by atoms with van der Waals surface area (Å²) in [6, 6.07) is 23.7. The molecule has 114 valence electrons. The number of hydrogen-bond acceptors (Lipinski definition) is 3. The van der Waals surface area contributed by atoms with Gasteiger partial charge >= 0.3 is 0 Å². The minimum absolute atomic E-state index is 0.239. The predicted octanol–water partition coefficient (Wildman–Crippen LogP) is 4.65. The molecule has 0 saturated carbocycles. The van der Waals surface area contributed by atoms with Crippen molar-refractivity contribution < 1.29 is 0 Å². The first-order valence-corrected chi connectivity index (χ1v) is 7.56. The lowest BCUT2D eigenvalue weighted by Gasteiger charge is -2.18. The molecule has 3 aromatic carbocycles. The fourth-order valence-electron chi connectivity index (χ4n) is 3.06. The molecule has 3 rings (SSSR count). The van der Waals surface area contributed by atoms with Crippen LogP contribution in [0.15, 0.2) is 60.7 Å². The summed E-state index contributed by atoms with van der Waals surface area (Å²) in [5, 5.41) is 19.3. The van der Waals surface area contributed by atoms with Crippen LogP contribution in [0.2, 0.25) is 0 Å². The first-order chi connectivity index (χ1) is 11.7. The van der Waals surface area contributed by atoms with Crippen molar-refractivity contribution in [3.63, 3.8) is 0 Å². The van der Waals surface area contributed by atoms with Gasteiger partial charge in [-0.1, -0.05) is 60.7 Å². The van der Waals surface area contributed by atoms with Crippen LogP contribution in [0.3, 0.4) is 0 Å². The molecular weight excluding hydrogens is 294 g/mol. The number of rotatable bonds is 2. The van der Waals surface area contributed by atoms with E-state index in [1.807, 2.05) is 67.6 Å². The third kappa shape index (κ3) is 2.39. The molecule has 3 aromatic rings. The SMILES string of the molecule is Cc1c(-c2ccccc2)c(C#N)c(N)c(C#N)c1-c1ccccc1. The smallest absolute Gasteiger partial charge is 0.102 e. The molecule has 0 unspecified atom stereocenters. The van der Waals surface area contributed by atoms with Gasteiger partial charge in [-0.25, -0.2) is 0 Å². The molecule has 0 amide bonds. The zero-order valence-corrected chi connectivity index (χ0v) is 13.2. The summed E-state index contributed by atoms with van der Waals surface area (Å²) in [5.41, 5.74) is 11.4. The van der Waals surface area contributed by atoms with E-state index in [4.69, 9.17) is 5.73 Å². The quantitative estimate of drug-likeness (QED) is 0.700. The molecule has 0 bridgehead atoms. The highest BCUT2D eigenvalue weighted by Crippen LogP contribution is 2.40. The zero-order valence-electron chi connectivity index (χ0n) is 13.2. The van der Waals surface area contributed by atoms with Crippen molar-refractivity contribution in [1.82, 2.24) is 0 Å². The number of nitriles is 2. The van der Waals surface area contributed by atoms with Crippen molar-refractivity contribution in [3.8, 4) is 34.4 Å². The molecule has 0 spiro atoms. The van der Waals surface area contributed by atoms with E-state index in [9.17, 15) is 10.5 Å². The van der Waals surface area contributed by atoms with E-state index in [1.54, 1.807) is 0 Å². The minimum Gasteiger partial charge on any atom is -0.397 e. The molecule has 0 saturated heterocycles. The van der Waals surface area contributed by atoms with Crippen LogP contribution in [0.1, 0.15) is 16.7 Å². The van der Waals surface area contributed by atoms with Gasteiger partial charge in [0.1, 0.15) is 12.1 Å². The van der Waals surface area contributed by atoms with Gasteiger partial charge in [-0.2, -0.15) is 10.5 Å². The Morgan fingerprint density at radius 2 is 1.08 bits per heavy atom. The van der Waals surface area contributed by atoms with Gasteiger partial charge in [-0.15, -0.1) is 0 Å². The van der Waals surface area contributed by atoms with E-state index in [-0.39, 0.29) is 5.69 Å². The fourth-order valence-corrected chi connectivity index (χ4v) is 3.06. The molecule has 0 radical (unpaired) electrons. The molecule has 0 aromatic heterocycles. The van der Waals surface area contributed by atoms with Gasteiger partial charge in [-0.3, -0.25) is 0 Å². The van der Waals surface area contributed by atoms with E-state index in [0.717, 1.165) is 27.8 Å². The van der Waals surface area contributed by atoms with Crippen LogP contribution in [0, 0.1) is 29.6 Å². The first kappa shape index (κ1) is 15.3. The minimum atomic E-state index is 0.239. The molecule has 3 nitrogen and oxygen atoms in total. The van der Waals surface area contributed by atoms with Gasteiger partial charge < -0.3 is 5.73 Å². The van der Waals surface area contributed by atoms with Crippen LogP contribution >= 0.6 is 0 Å². The zero-order chi connectivity index (χ0) is 17.1. The topological polar surface area (TPSA) is 73.6 Å². The molecule has 3 heteroatoms. The number of anilines is 1. The lowest BCUT2D eigenvalue weighted by atomic mass is 9.85. The molecule has 0 fully saturated rings. The Morgan fingerprint density at radius 3 is 1.42 bits per heavy atom. The largest absolute Gasteiger partial charge is 0.397 e. The van der Waals surface area contributed by atoms with Crippen LogP contribution in [-0.4, -0.2) is 0 Å². The van der Waals surface area contributed by atoms with Crippen LogP contribution in [0.25, 0.3) is 22.3 Å². The van der Waals surface area contributed by atoms with Crippen LogP contribution in [0.4, 0.5) is 5.69 Å². The van der Waals surface area contributed by atoms with Crippen LogP contribution in [0.5, 0.6) is 0 Å². The van der Waals surface area contributed by atoms with Crippen LogP contribution in [-0.2, 0) is 0 Å². The monoisotopic (exact) mass is 309 g/mol. The third-order valence-electron chi connectivity index (χ3n) is 4.14. The predicted molar refractivity (Wildman–Crippen MR) is 95.9 cm³/mol. The Labute approximate surface area is 141 Å². The van der Waals surface area contributed by atoms with Crippen LogP contribution < -0.4 is 5.73 Å². The summed E-state index contributed by atoms with van der Waals surface area (Å²) in [4.78, 5) is 0. The van der Waals surface area contributed by atoms with Crippen molar-refractivity contribution in [3.05, 3.63) is 77.4 Å². The second-order valence-electron chi connectivity index (χ2n) is 5.49. The first-order valence-electron chi connectivity index (χ1n) is 7.56. The Morgan fingerprint density at radius 1 is 0.708 bits per heavy atom. The number of nitrogens with zero attached hydrogens (tertiary/aromatic N) is 2. The van der Waals surface area contributed by atoms with Gasteiger partial charge in [0.15, 0.2) is 0 Å². The highest BCUT2D eigenvalue weighted by atomic mass is 14.6. The molecule has 24 heavy (non-hydrogen) atoms. The molecular formula is C21H15N3. The number of nitrogen functional groups attached to an aromatic ring is 1. The molecule has 0 aliphatic carbocycles. The summed E-state index contributed by atoms with van der Waals surface area (Å²) in [6.45, 7) is 1.94. The summed E-state index contributed by atoms with van der Waals surface area (Å²) < 4.78 is 0. The molecule has 2 N–H and O–H groups in total. The molecule has 0 aliphatic rings. The second-order valence-corrected chi connectivity index (χ2v) is 5.49. The number of hydrogen-bond donors (Lipinski definition) is 1. The van der Waals surface area contributed by atoms with Gasteiger partial charge in [0.25, 0.3) is 0 Å².